The lowest BCUT2D eigenvalue weighted by atomic mass is 10.2. The Kier molecular flexibility index (Phi) is 3.81. The van der Waals surface area contributed by atoms with Crippen LogP contribution in [0.25, 0.3) is 0 Å². The van der Waals surface area contributed by atoms with E-state index in [1.165, 1.54) is 6.92 Å². The predicted molar refractivity (Wildman–Crippen MR) is 76.4 cm³/mol. The van der Waals surface area contributed by atoms with Crippen molar-refractivity contribution in [3.63, 3.8) is 0 Å². The Balaban J connectivity index is 2.26. The Bertz CT molecular complexity index is 604. The molecule has 20 heavy (non-hydrogen) atoms. The van der Waals surface area contributed by atoms with Gasteiger partial charge in [-0.05, 0) is 6.42 Å². The van der Waals surface area contributed by atoms with Crippen molar-refractivity contribution in [2.45, 2.75) is 19.4 Å². The fraction of sp³-hybridized carbons (Fsp3) is 0.417. The maximum absolute atomic E-state index is 11.3. The SMILES string of the molecule is CC(=O)NC1CCN(c2sc(C(N)=O)c(N)c2C#N)C1. The zero-order chi connectivity index (χ0) is 14.9. The third-order valence-corrected chi connectivity index (χ3v) is 4.43. The Morgan fingerprint density at radius 1 is 1.55 bits per heavy atom. The summed E-state index contributed by atoms with van der Waals surface area (Å²) in [4.78, 5) is 24.5. The Hall–Kier alpha value is -2.27. The van der Waals surface area contributed by atoms with E-state index in [4.69, 9.17) is 11.5 Å². The van der Waals surface area contributed by atoms with E-state index in [0.29, 0.717) is 18.1 Å². The number of primary amides is 1. The van der Waals surface area contributed by atoms with Crippen LogP contribution in [-0.4, -0.2) is 30.9 Å². The van der Waals surface area contributed by atoms with E-state index in [1.54, 1.807) is 0 Å². The van der Waals surface area contributed by atoms with E-state index in [0.717, 1.165) is 17.8 Å². The molecule has 0 spiro atoms. The highest BCUT2D eigenvalue weighted by Crippen LogP contribution is 2.38. The zero-order valence-corrected chi connectivity index (χ0v) is 11.8. The number of nitrogen functional groups attached to an aromatic ring is 1. The summed E-state index contributed by atoms with van der Waals surface area (Å²) < 4.78 is 0. The molecule has 5 N–H and O–H groups in total. The maximum Gasteiger partial charge on any atom is 0.261 e. The molecular formula is C12H15N5O2S. The minimum absolute atomic E-state index is 0.0411. The van der Waals surface area contributed by atoms with Crippen molar-refractivity contribution in [2.75, 3.05) is 23.7 Å². The van der Waals surface area contributed by atoms with Crippen molar-refractivity contribution in [3.8, 4) is 6.07 Å². The molecule has 0 aliphatic carbocycles. The summed E-state index contributed by atoms with van der Waals surface area (Å²) in [5.41, 5.74) is 11.5. The van der Waals surface area contributed by atoms with Crippen LogP contribution in [0.15, 0.2) is 0 Å². The number of anilines is 2. The van der Waals surface area contributed by atoms with Crippen LogP contribution in [0, 0.1) is 11.3 Å². The van der Waals surface area contributed by atoms with Crippen LogP contribution < -0.4 is 21.7 Å². The number of hydrogen-bond acceptors (Lipinski definition) is 6. The minimum Gasteiger partial charge on any atom is -0.396 e. The average molecular weight is 293 g/mol. The second kappa shape index (κ2) is 5.38. The lowest BCUT2D eigenvalue weighted by molar-refractivity contribution is -0.119. The summed E-state index contributed by atoms with van der Waals surface area (Å²) in [6.07, 6.45) is 0.786. The van der Waals surface area contributed by atoms with E-state index < -0.39 is 5.91 Å². The summed E-state index contributed by atoms with van der Waals surface area (Å²) in [6, 6.07) is 2.06. The normalized spacial score (nSPS) is 17.8. The quantitative estimate of drug-likeness (QED) is 0.724. The number of hydrogen-bond donors (Lipinski definition) is 3. The molecular weight excluding hydrogens is 278 g/mol. The fourth-order valence-electron chi connectivity index (χ4n) is 2.30. The van der Waals surface area contributed by atoms with Crippen molar-refractivity contribution in [3.05, 3.63) is 10.4 Å². The van der Waals surface area contributed by atoms with Crippen molar-refractivity contribution < 1.29 is 9.59 Å². The molecule has 1 aliphatic heterocycles. The first-order chi connectivity index (χ1) is 9.43. The van der Waals surface area contributed by atoms with Crippen molar-refractivity contribution in [1.29, 1.82) is 5.26 Å². The van der Waals surface area contributed by atoms with E-state index in [2.05, 4.69) is 5.32 Å². The van der Waals surface area contributed by atoms with Gasteiger partial charge in [-0.2, -0.15) is 5.26 Å². The summed E-state index contributed by atoms with van der Waals surface area (Å²) in [6.45, 7) is 2.75. The summed E-state index contributed by atoms with van der Waals surface area (Å²) >= 11 is 1.13. The maximum atomic E-state index is 11.3. The van der Waals surface area contributed by atoms with Gasteiger partial charge in [0.2, 0.25) is 5.91 Å². The lowest BCUT2D eigenvalue weighted by Gasteiger charge is -2.17. The van der Waals surface area contributed by atoms with Crippen LogP contribution in [-0.2, 0) is 4.79 Å². The van der Waals surface area contributed by atoms with Gasteiger partial charge in [-0.3, -0.25) is 9.59 Å². The topological polar surface area (TPSA) is 125 Å². The number of carbonyl (C=O) groups excluding carboxylic acids is 2. The standard InChI is InChI=1S/C12H15N5O2S/c1-6(18)16-7-2-3-17(5-7)12-8(4-13)9(14)10(20-12)11(15)19/h7H,2-3,5,14H2,1H3,(H2,15,19)(H,16,18). The molecule has 8 heteroatoms. The van der Waals surface area contributed by atoms with E-state index >= 15 is 0 Å². The third kappa shape index (κ3) is 2.53. The predicted octanol–water partition coefficient (Wildman–Crippen LogP) is 0.0157. The van der Waals surface area contributed by atoms with Crippen molar-refractivity contribution in [2.24, 2.45) is 5.73 Å². The first-order valence-electron chi connectivity index (χ1n) is 6.08. The molecule has 1 aromatic rings. The van der Waals surface area contributed by atoms with Crippen molar-refractivity contribution in [1.82, 2.24) is 5.32 Å². The molecule has 1 saturated heterocycles. The van der Waals surface area contributed by atoms with Crippen LogP contribution in [0.5, 0.6) is 0 Å². The molecule has 1 unspecified atom stereocenters. The minimum atomic E-state index is -0.632. The van der Waals surface area contributed by atoms with Gasteiger partial charge in [-0.1, -0.05) is 0 Å². The van der Waals surface area contributed by atoms with Crippen LogP contribution in [0.1, 0.15) is 28.6 Å². The highest BCUT2D eigenvalue weighted by molar-refractivity contribution is 7.19. The lowest BCUT2D eigenvalue weighted by Crippen LogP contribution is -2.35. The molecule has 1 aliphatic rings. The molecule has 2 heterocycles. The van der Waals surface area contributed by atoms with Gasteiger partial charge in [0.25, 0.3) is 5.91 Å². The highest BCUT2D eigenvalue weighted by atomic mass is 32.1. The summed E-state index contributed by atoms with van der Waals surface area (Å²) in [5, 5.41) is 12.7. The summed E-state index contributed by atoms with van der Waals surface area (Å²) in [5.74, 6) is -0.714. The van der Waals surface area contributed by atoms with Crippen LogP contribution >= 0.6 is 11.3 Å². The molecule has 1 fully saturated rings. The molecule has 2 rings (SSSR count). The first-order valence-corrected chi connectivity index (χ1v) is 6.90. The zero-order valence-electron chi connectivity index (χ0n) is 11.0. The number of nitrogens with one attached hydrogen (secondary N) is 1. The number of thiophene rings is 1. The number of nitrogens with zero attached hydrogens (tertiary/aromatic N) is 2. The molecule has 0 aromatic carbocycles. The molecule has 0 bridgehead atoms. The van der Waals surface area contributed by atoms with Crippen molar-refractivity contribution >= 4 is 33.8 Å². The molecule has 1 atom stereocenters. The number of nitriles is 1. The van der Waals surface area contributed by atoms with Gasteiger partial charge in [0.15, 0.2) is 0 Å². The molecule has 1 aromatic heterocycles. The largest absolute Gasteiger partial charge is 0.396 e. The smallest absolute Gasteiger partial charge is 0.261 e. The number of nitrogens with two attached hydrogens (primary N) is 2. The fourth-order valence-corrected chi connectivity index (χ4v) is 3.35. The number of rotatable bonds is 3. The molecule has 7 nitrogen and oxygen atoms in total. The van der Waals surface area contributed by atoms with Gasteiger partial charge >= 0.3 is 0 Å². The monoisotopic (exact) mass is 293 g/mol. The van der Waals surface area contributed by atoms with Gasteiger partial charge in [0, 0.05) is 26.1 Å². The van der Waals surface area contributed by atoms with Gasteiger partial charge < -0.3 is 21.7 Å². The van der Waals surface area contributed by atoms with E-state index in [1.807, 2.05) is 11.0 Å². The van der Waals surface area contributed by atoms with Gasteiger partial charge in [-0.25, -0.2) is 0 Å². The van der Waals surface area contributed by atoms with E-state index in [9.17, 15) is 14.9 Å². The van der Waals surface area contributed by atoms with Crippen LogP contribution in [0.2, 0.25) is 0 Å². The summed E-state index contributed by atoms with van der Waals surface area (Å²) in [7, 11) is 0. The highest BCUT2D eigenvalue weighted by Gasteiger charge is 2.29. The van der Waals surface area contributed by atoms with Gasteiger partial charge in [0.05, 0.1) is 5.69 Å². The first kappa shape index (κ1) is 14.1. The molecule has 0 radical (unpaired) electrons. The Morgan fingerprint density at radius 3 is 2.80 bits per heavy atom. The van der Waals surface area contributed by atoms with Crippen LogP contribution in [0.4, 0.5) is 10.7 Å². The number of amides is 2. The molecule has 0 saturated carbocycles. The van der Waals surface area contributed by atoms with Gasteiger partial charge in [-0.15, -0.1) is 11.3 Å². The second-order valence-corrected chi connectivity index (χ2v) is 5.63. The van der Waals surface area contributed by atoms with Crippen LogP contribution in [0.3, 0.4) is 0 Å². The van der Waals surface area contributed by atoms with Gasteiger partial charge in [0.1, 0.15) is 21.5 Å². The average Bonchev–Trinajstić information content (AvgIpc) is 2.92. The van der Waals surface area contributed by atoms with E-state index in [-0.39, 0.29) is 28.1 Å². The Morgan fingerprint density at radius 2 is 2.25 bits per heavy atom. The second-order valence-electron chi connectivity index (χ2n) is 4.63. The third-order valence-electron chi connectivity index (χ3n) is 3.15. The number of carbonyl (C=O) groups is 2. The Labute approximate surface area is 120 Å². The molecule has 2 amide bonds. The molecule has 106 valence electrons.